The second kappa shape index (κ2) is 16.2. The number of fused-ring (bicyclic) bond motifs is 2. The molecule has 6 N–H and O–H groups in total. The van der Waals surface area contributed by atoms with Crippen molar-refractivity contribution in [2.24, 2.45) is 0 Å². The molecule has 4 aromatic carbocycles. The number of halogens is 3. The number of nitrogens with zero attached hydrogens (tertiary/aromatic N) is 4. The van der Waals surface area contributed by atoms with Crippen LogP contribution in [0.15, 0.2) is 122 Å². The van der Waals surface area contributed by atoms with Crippen LogP contribution in [0.1, 0.15) is 26.7 Å². The van der Waals surface area contributed by atoms with Crippen LogP contribution >= 0.6 is 11.6 Å². The van der Waals surface area contributed by atoms with E-state index in [-0.39, 0.29) is 27.1 Å². The van der Waals surface area contributed by atoms with Crippen molar-refractivity contribution >= 4 is 57.2 Å². The van der Waals surface area contributed by atoms with E-state index in [2.05, 4.69) is 15.3 Å². The van der Waals surface area contributed by atoms with Crippen LogP contribution in [0.4, 0.5) is 8.78 Å². The van der Waals surface area contributed by atoms with Gasteiger partial charge in [-0.1, -0.05) is 72.3 Å². The maximum atomic E-state index is 13.9. The molecule has 0 saturated heterocycles. The molecule has 62 heavy (non-hydrogen) atoms. The van der Waals surface area contributed by atoms with Crippen LogP contribution < -0.4 is 10.6 Å². The molecule has 0 radical (unpaired) electrons. The van der Waals surface area contributed by atoms with Crippen LogP contribution in [0.5, 0.6) is 11.5 Å². The molecular weight excluding hydrogens is 826 g/mol. The first-order chi connectivity index (χ1) is 29.7. The number of carboxylic acid groups (broad SMARTS) is 2. The Hall–Kier alpha value is -8.11. The monoisotopic (exact) mass is 856 g/mol. The number of benzene rings is 4. The number of hydrogen-bond acceptors (Lipinski definition) is 8. The molecule has 0 aliphatic carbocycles. The molecule has 2 atom stereocenters. The summed E-state index contributed by atoms with van der Waals surface area (Å²) in [5.41, 5.74) is 2.05. The smallest absolute Gasteiger partial charge is 0.329 e. The van der Waals surface area contributed by atoms with Gasteiger partial charge in [0.05, 0.1) is 27.5 Å². The van der Waals surface area contributed by atoms with Gasteiger partial charge in [-0.2, -0.15) is 0 Å². The predicted molar refractivity (Wildman–Crippen MR) is 224 cm³/mol. The highest BCUT2D eigenvalue weighted by Gasteiger charge is 2.39. The van der Waals surface area contributed by atoms with Gasteiger partial charge in [0.25, 0.3) is 11.8 Å². The van der Waals surface area contributed by atoms with Gasteiger partial charge >= 0.3 is 11.9 Å². The Labute approximate surface area is 353 Å². The van der Waals surface area contributed by atoms with Crippen LogP contribution in [-0.4, -0.2) is 75.4 Å². The number of hydrogen-bond donors (Lipinski definition) is 6. The third kappa shape index (κ3) is 7.28. The number of aromatic hydroxyl groups is 2. The lowest BCUT2D eigenvalue weighted by molar-refractivity contribution is -0.147. The van der Waals surface area contributed by atoms with Gasteiger partial charge < -0.3 is 40.2 Å². The molecule has 0 bridgehead atoms. The van der Waals surface area contributed by atoms with E-state index in [0.717, 1.165) is 0 Å². The third-order valence-electron chi connectivity index (χ3n) is 10.2. The standard InChI is InChI=1S/C45H31ClF2N6O8/c1-22-37-31(29(23-8-4-2-5-9-23)20-53(37)27-16-12-25(47)13-17-27)39(55)35(49-22)42(57)51-33(44(59)60)34(45(61)62)52-43(58)36-40(56)32-30(24-10-6-3-7-11-24)21-54(38(32)41(46)50-36)28-18-14-26(48)15-19-28/h2-21,33-34,55-56H,1H3,(H,51,57)(H,52,58)(H,59,60)(H,61,62). The summed E-state index contributed by atoms with van der Waals surface area (Å²) in [5, 5.41) is 47.9. The number of aromatic nitrogens is 4. The van der Waals surface area contributed by atoms with Crippen LogP contribution in [-0.2, 0) is 9.59 Å². The highest BCUT2D eigenvalue weighted by molar-refractivity contribution is 6.35. The van der Waals surface area contributed by atoms with E-state index < -0.39 is 70.4 Å². The Kier molecular flexibility index (Phi) is 10.6. The molecule has 2 amide bonds. The van der Waals surface area contributed by atoms with Gasteiger partial charge in [-0.15, -0.1) is 0 Å². The lowest BCUT2D eigenvalue weighted by Crippen LogP contribution is -2.59. The number of nitrogens with one attached hydrogen (secondary N) is 2. The van der Waals surface area contributed by atoms with Gasteiger partial charge in [-0.3, -0.25) is 9.59 Å². The zero-order valence-corrected chi connectivity index (χ0v) is 32.8. The Morgan fingerprint density at radius 2 is 0.984 bits per heavy atom. The molecule has 0 spiro atoms. The van der Waals surface area contributed by atoms with Crippen molar-refractivity contribution in [2.75, 3.05) is 0 Å². The Morgan fingerprint density at radius 1 is 0.597 bits per heavy atom. The summed E-state index contributed by atoms with van der Waals surface area (Å²) in [6.45, 7) is 1.53. The van der Waals surface area contributed by atoms with Gasteiger partial charge in [0.2, 0.25) is 0 Å². The van der Waals surface area contributed by atoms with E-state index in [1.807, 2.05) is 5.32 Å². The summed E-state index contributed by atoms with van der Waals surface area (Å²) in [6.07, 6.45) is 3.24. The summed E-state index contributed by atoms with van der Waals surface area (Å²) in [7, 11) is 0. The summed E-state index contributed by atoms with van der Waals surface area (Å²) in [6, 6.07) is 23.5. The molecule has 310 valence electrons. The number of rotatable bonds is 11. The van der Waals surface area contributed by atoms with Gasteiger partial charge in [-0.05, 0) is 66.6 Å². The van der Waals surface area contributed by atoms with Crippen LogP contribution in [0.3, 0.4) is 0 Å². The number of aliphatic carboxylic acids is 2. The van der Waals surface area contributed by atoms with Crippen molar-refractivity contribution in [3.63, 3.8) is 0 Å². The first-order valence-corrected chi connectivity index (χ1v) is 19.0. The maximum Gasteiger partial charge on any atom is 0.329 e. The number of carbonyl (C=O) groups is 4. The number of amides is 2. The maximum absolute atomic E-state index is 13.9. The minimum absolute atomic E-state index is 0.0103. The van der Waals surface area contributed by atoms with E-state index in [1.165, 1.54) is 60.0 Å². The van der Waals surface area contributed by atoms with Gasteiger partial charge in [0.1, 0.15) is 11.6 Å². The fourth-order valence-electron chi connectivity index (χ4n) is 7.36. The van der Waals surface area contributed by atoms with E-state index in [1.54, 1.807) is 77.6 Å². The molecule has 14 nitrogen and oxygen atoms in total. The molecular formula is C45H31ClF2N6O8. The molecule has 0 fully saturated rings. The number of aryl methyl sites for hydroxylation is 1. The largest absolute Gasteiger partial charge is 0.505 e. The SMILES string of the molecule is Cc1nc(C(=O)NC(C(=O)O)C(NC(=O)c2nc(Cl)c3c(c(-c4ccccc4)cn3-c3ccc(F)cc3)c2O)C(=O)O)c(O)c2c(-c3ccccc3)cn(-c3ccc(F)cc3)c12. The van der Waals surface area contributed by atoms with Crippen molar-refractivity contribution in [1.29, 1.82) is 0 Å². The quantitative estimate of drug-likeness (QED) is 0.0710. The third-order valence-corrected chi connectivity index (χ3v) is 10.5. The summed E-state index contributed by atoms with van der Waals surface area (Å²) in [5.74, 6) is -8.91. The van der Waals surface area contributed by atoms with Gasteiger partial charge in [-0.25, -0.2) is 28.3 Å². The number of carboxylic acids is 2. The lowest BCUT2D eigenvalue weighted by atomic mass is 10.0. The first kappa shape index (κ1) is 40.7. The minimum Gasteiger partial charge on any atom is -0.505 e. The first-order valence-electron chi connectivity index (χ1n) is 18.6. The van der Waals surface area contributed by atoms with Crippen LogP contribution in [0.2, 0.25) is 5.15 Å². The molecule has 4 heterocycles. The van der Waals surface area contributed by atoms with Crippen LogP contribution in [0, 0.1) is 18.6 Å². The molecule has 0 aliphatic heterocycles. The summed E-state index contributed by atoms with van der Waals surface area (Å²) in [4.78, 5) is 61.6. The van der Waals surface area contributed by atoms with Crippen molar-refractivity contribution in [2.45, 2.75) is 19.0 Å². The fourth-order valence-corrected chi connectivity index (χ4v) is 7.63. The highest BCUT2D eigenvalue weighted by atomic mass is 35.5. The Morgan fingerprint density at radius 3 is 1.40 bits per heavy atom. The van der Waals surface area contributed by atoms with E-state index in [4.69, 9.17) is 11.6 Å². The zero-order valence-electron chi connectivity index (χ0n) is 32.0. The van der Waals surface area contributed by atoms with Crippen molar-refractivity contribution in [3.05, 3.63) is 155 Å². The second-order valence-corrected chi connectivity index (χ2v) is 14.4. The molecule has 8 rings (SSSR count). The highest BCUT2D eigenvalue weighted by Crippen LogP contribution is 2.43. The predicted octanol–water partition coefficient (Wildman–Crippen LogP) is 7.42. The average Bonchev–Trinajstić information content (AvgIpc) is 3.87. The fraction of sp³-hybridized carbons (Fsp3) is 0.0667. The molecule has 0 aliphatic rings. The molecule has 8 aromatic rings. The van der Waals surface area contributed by atoms with Crippen molar-refractivity contribution in [3.8, 4) is 45.1 Å². The topological polar surface area (TPSA) is 209 Å². The van der Waals surface area contributed by atoms with Crippen molar-refractivity contribution < 1.29 is 48.4 Å². The molecule has 4 aromatic heterocycles. The minimum atomic E-state index is -2.40. The zero-order chi connectivity index (χ0) is 44.0. The molecule has 0 saturated carbocycles. The van der Waals surface area contributed by atoms with Gasteiger partial charge in [0.15, 0.2) is 40.1 Å². The van der Waals surface area contributed by atoms with Gasteiger partial charge in [0, 0.05) is 34.9 Å². The average molecular weight is 857 g/mol. The number of carbonyl (C=O) groups excluding carboxylic acids is 2. The molecule has 2 unspecified atom stereocenters. The lowest BCUT2D eigenvalue weighted by Gasteiger charge is -2.23. The Balaban J connectivity index is 1.16. The van der Waals surface area contributed by atoms with E-state index >= 15 is 0 Å². The second-order valence-electron chi connectivity index (χ2n) is 14.0. The summed E-state index contributed by atoms with van der Waals surface area (Å²) >= 11 is 6.66. The molecule has 17 heteroatoms. The number of pyridine rings is 2. The summed E-state index contributed by atoms with van der Waals surface area (Å²) < 4.78 is 30.9. The normalized spacial score (nSPS) is 12.3. The van der Waals surface area contributed by atoms with E-state index in [9.17, 15) is 48.4 Å². The van der Waals surface area contributed by atoms with E-state index in [0.29, 0.717) is 39.1 Å². The Bertz CT molecular complexity index is 2880. The van der Waals surface area contributed by atoms with Crippen LogP contribution in [0.25, 0.3) is 55.4 Å². The van der Waals surface area contributed by atoms with Crippen molar-refractivity contribution in [1.82, 2.24) is 29.7 Å².